The van der Waals surface area contributed by atoms with Gasteiger partial charge in [0.1, 0.15) is 0 Å². The van der Waals surface area contributed by atoms with Crippen molar-refractivity contribution in [3.63, 3.8) is 0 Å². The summed E-state index contributed by atoms with van der Waals surface area (Å²) in [6.07, 6.45) is 0. The highest BCUT2D eigenvalue weighted by atomic mass is 15.2. The fraction of sp³-hybridized carbons (Fsp3) is 0.0345. The van der Waals surface area contributed by atoms with E-state index in [1.165, 1.54) is 97.8 Å². The molecule has 3 heteroatoms. The molecule has 61 heavy (non-hydrogen) atoms. The number of nitrogens with zero attached hydrogens (tertiary/aromatic N) is 3. The lowest BCUT2D eigenvalue weighted by molar-refractivity contribution is 0.827. The van der Waals surface area contributed by atoms with Gasteiger partial charge in [0, 0.05) is 61.9 Å². The molecule has 13 aromatic rings. The molecule has 0 unspecified atom stereocenters. The van der Waals surface area contributed by atoms with Crippen molar-refractivity contribution >= 4 is 121 Å². The van der Waals surface area contributed by atoms with Crippen LogP contribution in [-0.4, -0.2) is 4.57 Å². The molecular weight excluding hydrogens is 739 g/mol. The maximum atomic E-state index is 2.46. The normalized spacial score (nSPS) is 12.1. The Labute approximate surface area is 353 Å². The third-order valence-corrected chi connectivity index (χ3v) is 13.2. The number of anilines is 6. The summed E-state index contributed by atoms with van der Waals surface area (Å²) >= 11 is 0. The molecule has 0 bridgehead atoms. The van der Waals surface area contributed by atoms with Crippen LogP contribution in [0, 0.1) is 0 Å². The molecule has 0 amide bonds. The Bertz CT molecular complexity index is 3530. The molecule has 0 aliphatic carbocycles. The van der Waals surface area contributed by atoms with Crippen LogP contribution >= 0.6 is 0 Å². The molecular formula is C58H39N3. The second-order valence-electron chi connectivity index (χ2n) is 16.4. The minimum absolute atomic E-state index is 0.869. The van der Waals surface area contributed by atoms with Crippen molar-refractivity contribution in [2.24, 2.45) is 0 Å². The first-order valence-corrected chi connectivity index (χ1v) is 21.3. The number of benzene rings is 12. The number of aryl methyl sites for hydroxylation is 1. The summed E-state index contributed by atoms with van der Waals surface area (Å²) in [6.45, 7) is 3.12. The SMILES string of the molecule is CCn1c2ccc(N(c3ccccc3)c3ccc4ccc5cccc6ccc3c4c56)cc2c2cc(N(c3ccccc3)c3ccc4ccc5cccc6ccc3c4c56)ccc21. The van der Waals surface area contributed by atoms with Crippen molar-refractivity contribution in [3.05, 3.63) is 206 Å². The summed E-state index contributed by atoms with van der Waals surface area (Å²) in [4.78, 5) is 4.90. The third kappa shape index (κ3) is 4.98. The molecule has 0 aliphatic heterocycles. The van der Waals surface area contributed by atoms with Gasteiger partial charge in [-0.05, 0) is 134 Å². The van der Waals surface area contributed by atoms with Gasteiger partial charge in [0.25, 0.3) is 0 Å². The van der Waals surface area contributed by atoms with E-state index in [0.29, 0.717) is 0 Å². The molecule has 12 aromatic carbocycles. The molecule has 0 radical (unpaired) electrons. The van der Waals surface area contributed by atoms with E-state index >= 15 is 0 Å². The molecule has 0 saturated heterocycles. The zero-order valence-electron chi connectivity index (χ0n) is 33.7. The Hall–Kier alpha value is -7.88. The summed E-state index contributed by atoms with van der Waals surface area (Å²) in [5, 5.41) is 17.9. The molecule has 0 aliphatic rings. The number of aromatic nitrogens is 1. The van der Waals surface area contributed by atoms with Crippen LogP contribution in [0.5, 0.6) is 0 Å². The van der Waals surface area contributed by atoms with E-state index in [0.717, 1.165) is 29.3 Å². The Morgan fingerprint density at radius 1 is 0.311 bits per heavy atom. The topological polar surface area (TPSA) is 11.4 Å². The van der Waals surface area contributed by atoms with Crippen LogP contribution in [0.3, 0.4) is 0 Å². The molecule has 0 N–H and O–H groups in total. The summed E-state index contributed by atoms with van der Waals surface area (Å²) < 4.78 is 2.46. The van der Waals surface area contributed by atoms with E-state index in [4.69, 9.17) is 0 Å². The number of rotatable bonds is 7. The van der Waals surface area contributed by atoms with Crippen molar-refractivity contribution in [2.75, 3.05) is 9.80 Å². The molecule has 13 rings (SSSR count). The summed E-state index contributed by atoms with van der Waals surface area (Å²) in [5.74, 6) is 0. The summed E-state index contributed by atoms with van der Waals surface area (Å²) in [5.41, 5.74) is 9.30. The first kappa shape index (κ1) is 34.0. The van der Waals surface area contributed by atoms with Crippen molar-refractivity contribution in [3.8, 4) is 0 Å². The molecule has 0 atom stereocenters. The lowest BCUT2D eigenvalue weighted by Crippen LogP contribution is -2.10. The molecule has 1 heterocycles. The number of fused-ring (bicyclic) bond motifs is 3. The van der Waals surface area contributed by atoms with Crippen LogP contribution < -0.4 is 9.80 Å². The van der Waals surface area contributed by atoms with Crippen LogP contribution in [0.15, 0.2) is 206 Å². The van der Waals surface area contributed by atoms with Gasteiger partial charge in [-0.25, -0.2) is 0 Å². The fourth-order valence-electron chi connectivity index (χ4n) is 10.5. The van der Waals surface area contributed by atoms with Gasteiger partial charge < -0.3 is 14.4 Å². The van der Waals surface area contributed by atoms with E-state index in [1.54, 1.807) is 0 Å². The van der Waals surface area contributed by atoms with Crippen LogP contribution in [0.2, 0.25) is 0 Å². The average Bonchev–Trinajstić information content (AvgIpc) is 3.64. The summed E-state index contributed by atoms with van der Waals surface area (Å²) in [7, 11) is 0. The monoisotopic (exact) mass is 777 g/mol. The third-order valence-electron chi connectivity index (χ3n) is 13.2. The minimum atomic E-state index is 0.869. The highest BCUT2D eigenvalue weighted by Gasteiger charge is 2.23. The van der Waals surface area contributed by atoms with Gasteiger partial charge in [-0.15, -0.1) is 0 Å². The maximum Gasteiger partial charge on any atom is 0.0540 e. The smallest absolute Gasteiger partial charge is 0.0540 e. The second-order valence-corrected chi connectivity index (χ2v) is 16.4. The van der Waals surface area contributed by atoms with E-state index in [-0.39, 0.29) is 0 Å². The standard InChI is InChI=1S/C58H39N3/c1-2-59-51-33-27-45(60(43-15-5-3-6-16-43)53-31-25-41-21-19-37-11-9-13-39-23-29-47(53)57(41)55(37)39)35-49(51)50-36-46(28-34-52(50)59)61(44-17-7-4-8-18-44)54-32-26-42-22-20-38-12-10-14-40-24-30-48(54)58(42)56(38)40/h3-36H,2H2,1H3. The number of hydrogen-bond acceptors (Lipinski definition) is 2. The van der Waals surface area contributed by atoms with Gasteiger partial charge in [-0.2, -0.15) is 0 Å². The van der Waals surface area contributed by atoms with Crippen LogP contribution in [0.4, 0.5) is 34.1 Å². The predicted molar refractivity (Wildman–Crippen MR) is 262 cm³/mol. The van der Waals surface area contributed by atoms with Crippen LogP contribution in [0.25, 0.3) is 86.4 Å². The molecule has 0 saturated carbocycles. The summed E-state index contributed by atoms with van der Waals surface area (Å²) in [6, 6.07) is 76.5. The Morgan fingerprint density at radius 2 is 0.689 bits per heavy atom. The van der Waals surface area contributed by atoms with Crippen molar-refractivity contribution < 1.29 is 0 Å². The van der Waals surface area contributed by atoms with Gasteiger partial charge in [0.05, 0.1) is 11.4 Å². The molecule has 3 nitrogen and oxygen atoms in total. The quantitative estimate of drug-likeness (QED) is 0.149. The Kier molecular flexibility index (Phi) is 7.29. The van der Waals surface area contributed by atoms with Crippen molar-refractivity contribution in [2.45, 2.75) is 13.5 Å². The van der Waals surface area contributed by atoms with E-state index < -0.39 is 0 Å². The van der Waals surface area contributed by atoms with Gasteiger partial charge >= 0.3 is 0 Å². The van der Waals surface area contributed by atoms with Crippen LogP contribution in [0.1, 0.15) is 6.92 Å². The predicted octanol–water partition coefficient (Wildman–Crippen LogP) is 16.5. The van der Waals surface area contributed by atoms with Crippen LogP contribution in [-0.2, 0) is 6.54 Å². The van der Waals surface area contributed by atoms with Gasteiger partial charge in [0.15, 0.2) is 0 Å². The molecule has 286 valence electrons. The van der Waals surface area contributed by atoms with E-state index in [1.807, 2.05) is 0 Å². The zero-order valence-corrected chi connectivity index (χ0v) is 33.7. The maximum absolute atomic E-state index is 2.46. The second kappa shape index (κ2) is 13.1. The fourth-order valence-corrected chi connectivity index (χ4v) is 10.5. The zero-order chi connectivity index (χ0) is 40.2. The Morgan fingerprint density at radius 3 is 1.10 bits per heavy atom. The van der Waals surface area contributed by atoms with Crippen molar-refractivity contribution in [1.29, 1.82) is 0 Å². The molecule has 0 spiro atoms. The van der Waals surface area contributed by atoms with Gasteiger partial charge in [-0.1, -0.05) is 133 Å². The first-order chi connectivity index (χ1) is 30.2. The first-order valence-electron chi connectivity index (χ1n) is 21.3. The van der Waals surface area contributed by atoms with Crippen molar-refractivity contribution in [1.82, 2.24) is 4.57 Å². The number of hydrogen-bond donors (Lipinski definition) is 0. The molecule has 1 aromatic heterocycles. The lowest BCUT2D eigenvalue weighted by Gasteiger charge is -2.28. The van der Waals surface area contributed by atoms with E-state index in [9.17, 15) is 0 Å². The minimum Gasteiger partial charge on any atom is -0.341 e. The number of para-hydroxylation sites is 2. The highest BCUT2D eigenvalue weighted by molar-refractivity contribution is 6.27. The van der Waals surface area contributed by atoms with E-state index in [2.05, 4.69) is 228 Å². The Balaban J connectivity index is 1.05. The van der Waals surface area contributed by atoms with Gasteiger partial charge in [0.2, 0.25) is 0 Å². The highest BCUT2D eigenvalue weighted by Crippen LogP contribution is 2.47. The largest absolute Gasteiger partial charge is 0.341 e. The average molecular weight is 778 g/mol. The lowest BCUT2D eigenvalue weighted by atomic mass is 9.93. The van der Waals surface area contributed by atoms with Gasteiger partial charge in [-0.3, -0.25) is 0 Å². The molecule has 0 fully saturated rings.